The van der Waals surface area contributed by atoms with Crippen molar-refractivity contribution >= 4 is 39.1 Å². The van der Waals surface area contributed by atoms with Crippen molar-refractivity contribution < 1.29 is 4.79 Å². The molecule has 2 aromatic carbocycles. The van der Waals surface area contributed by atoms with Gasteiger partial charge in [-0.25, -0.2) is 0 Å². The molecule has 0 fully saturated rings. The minimum Gasteiger partial charge on any atom is -0.399 e. The number of hydrogen-bond acceptors (Lipinski definition) is 2. The van der Waals surface area contributed by atoms with Gasteiger partial charge in [-0.15, -0.1) is 0 Å². The number of carbonyl (C=O) groups excluding carboxylic acids is 1. The second-order valence-corrected chi connectivity index (χ2v) is 6.26. The summed E-state index contributed by atoms with van der Waals surface area (Å²) in [5, 5.41) is 0.604. The van der Waals surface area contributed by atoms with Crippen LogP contribution in [0.4, 0.5) is 5.69 Å². The molecule has 0 unspecified atom stereocenters. The summed E-state index contributed by atoms with van der Waals surface area (Å²) in [4.78, 5) is 14.2. The van der Waals surface area contributed by atoms with Crippen molar-refractivity contribution in [2.45, 2.75) is 13.5 Å². The van der Waals surface area contributed by atoms with Gasteiger partial charge in [0.15, 0.2) is 0 Å². The van der Waals surface area contributed by atoms with Gasteiger partial charge >= 0.3 is 0 Å². The first-order chi connectivity index (χ1) is 9.88. The van der Waals surface area contributed by atoms with Crippen molar-refractivity contribution in [3.8, 4) is 0 Å². The Kier molecular flexibility index (Phi) is 4.91. The number of nitrogens with two attached hydrogens (primary N) is 1. The SMILES string of the molecule is Cc1ccc(Br)c(C(=O)N(C)Cc2cc(N)ccc2Cl)c1. The van der Waals surface area contributed by atoms with Gasteiger partial charge in [0.05, 0.1) is 5.56 Å². The number of anilines is 1. The molecule has 3 nitrogen and oxygen atoms in total. The molecule has 2 rings (SSSR count). The number of rotatable bonds is 3. The maximum atomic E-state index is 12.5. The summed E-state index contributed by atoms with van der Waals surface area (Å²) in [7, 11) is 1.75. The largest absolute Gasteiger partial charge is 0.399 e. The quantitative estimate of drug-likeness (QED) is 0.824. The van der Waals surface area contributed by atoms with Crippen LogP contribution >= 0.6 is 27.5 Å². The molecule has 0 aliphatic rings. The third-order valence-corrected chi connectivity index (χ3v) is 4.24. The number of nitrogens with zero attached hydrogens (tertiary/aromatic N) is 1. The van der Waals surface area contributed by atoms with E-state index in [4.69, 9.17) is 17.3 Å². The van der Waals surface area contributed by atoms with Crippen LogP contribution in [0.5, 0.6) is 0 Å². The van der Waals surface area contributed by atoms with Gasteiger partial charge in [-0.3, -0.25) is 4.79 Å². The summed E-state index contributed by atoms with van der Waals surface area (Å²) in [6, 6.07) is 11.0. The maximum absolute atomic E-state index is 12.5. The molecule has 110 valence electrons. The minimum absolute atomic E-state index is 0.0657. The number of nitrogen functional groups attached to an aromatic ring is 1. The average Bonchev–Trinajstić information content (AvgIpc) is 2.44. The van der Waals surface area contributed by atoms with Crippen LogP contribution in [0, 0.1) is 6.92 Å². The number of hydrogen-bond donors (Lipinski definition) is 1. The van der Waals surface area contributed by atoms with Crippen LogP contribution in [0.1, 0.15) is 21.5 Å². The first kappa shape index (κ1) is 15.9. The molecular formula is C16H16BrClN2O. The Balaban J connectivity index is 2.23. The standard InChI is InChI=1S/C16H16BrClN2O/c1-10-3-5-14(17)13(7-10)16(21)20(2)9-11-8-12(19)4-6-15(11)18/h3-8H,9,19H2,1-2H3. The Hall–Kier alpha value is -1.52. The average molecular weight is 368 g/mol. The minimum atomic E-state index is -0.0657. The smallest absolute Gasteiger partial charge is 0.255 e. The lowest BCUT2D eigenvalue weighted by atomic mass is 10.1. The fourth-order valence-corrected chi connectivity index (χ4v) is 2.65. The van der Waals surface area contributed by atoms with Crippen LogP contribution in [0.15, 0.2) is 40.9 Å². The lowest BCUT2D eigenvalue weighted by molar-refractivity contribution is 0.0784. The molecule has 0 bridgehead atoms. The van der Waals surface area contributed by atoms with Crippen LogP contribution in [0.2, 0.25) is 5.02 Å². The van der Waals surface area contributed by atoms with E-state index in [1.54, 1.807) is 30.1 Å². The predicted molar refractivity (Wildman–Crippen MR) is 90.5 cm³/mol. The van der Waals surface area contributed by atoms with Crippen molar-refractivity contribution in [1.82, 2.24) is 4.90 Å². The molecule has 0 atom stereocenters. The molecular weight excluding hydrogens is 352 g/mol. The maximum Gasteiger partial charge on any atom is 0.255 e. The molecule has 21 heavy (non-hydrogen) atoms. The predicted octanol–water partition coefficient (Wildman–Crippen LogP) is 4.27. The van der Waals surface area contributed by atoms with Crippen LogP contribution in [0.25, 0.3) is 0 Å². The zero-order chi connectivity index (χ0) is 15.6. The number of amides is 1. The third kappa shape index (κ3) is 3.77. The van der Waals surface area contributed by atoms with Crippen molar-refractivity contribution in [3.63, 3.8) is 0 Å². The monoisotopic (exact) mass is 366 g/mol. The van der Waals surface area contributed by atoms with E-state index in [0.717, 1.165) is 15.6 Å². The van der Waals surface area contributed by atoms with E-state index in [1.165, 1.54) is 0 Å². The van der Waals surface area contributed by atoms with Crippen molar-refractivity contribution in [2.75, 3.05) is 12.8 Å². The Morgan fingerprint density at radius 3 is 2.71 bits per heavy atom. The van der Waals surface area contributed by atoms with Crippen LogP contribution in [-0.4, -0.2) is 17.9 Å². The molecule has 2 N–H and O–H groups in total. The molecule has 0 radical (unpaired) electrons. The van der Waals surface area contributed by atoms with E-state index in [9.17, 15) is 4.79 Å². The fraction of sp³-hybridized carbons (Fsp3) is 0.188. The van der Waals surface area contributed by atoms with E-state index < -0.39 is 0 Å². The second kappa shape index (κ2) is 6.50. The normalized spacial score (nSPS) is 10.5. The Morgan fingerprint density at radius 1 is 1.29 bits per heavy atom. The number of aryl methyl sites for hydroxylation is 1. The zero-order valence-corrected chi connectivity index (χ0v) is 14.2. The lowest BCUT2D eigenvalue weighted by Crippen LogP contribution is -2.26. The molecule has 0 aromatic heterocycles. The molecule has 0 aliphatic heterocycles. The molecule has 0 spiro atoms. The van der Waals surface area contributed by atoms with Gasteiger partial charge in [-0.2, -0.15) is 0 Å². The highest BCUT2D eigenvalue weighted by Crippen LogP contribution is 2.23. The van der Waals surface area contributed by atoms with Gasteiger partial charge in [0.2, 0.25) is 0 Å². The Morgan fingerprint density at radius 2 is 2.00 bits per heavy atom. The number of carbonyl (C=O) groups is 1. The summed E-state index contributed by atoms with van der Waals surface area (Å²) >= 11 is 9.56. The van der Waals surface area contributed by atoms with Gasteiger partial charge in [0.1, 0.15) is 0 Å². The molecule has 5 heteroatoms. The van der Waals surface area contributed by atoms with Crippen LogP contribution in [0.3, 0.4) is 0 Å². The van der Waals surface area contributed by atoms with Crippen molar-refractivity contribution in [3.05, 3.63) is 62.6 Å². The Labute approximate surface area is 137 Å². The van der Waals surface area contributed by atoms with Gasteiger partial charge in [-0.1, -0.05) is 23.2 Å². The number of halogens is 2. The zero-order valence-electron chi connectivity index (χ0n) is 11.9. The first-order valence-electron chi connectivity index (χ1n) is 6.44. The van der Waals surface area contributed by atoms with Gasteiger partial charge in [0.25, 0.3) is 5.91 Å². The second-order valence-electron chi connectivity index (χ2n) is 5.00. The van der Waals surface area contributed by atoms with Crippen molar-refractivity contribution in [2.24, 2.45) is 0 Å². The number of benzene rings is 2. The molecule has 0 heterocycles. The first-order valence-corrected chi connectivity index (χ1v) is 7.61. The fourth-order valence-electron chi connectivity index (χ4n) is 2.05. The summed E-state index contributed by atoms with van der Waals surface area (Å²) in [6.07, 6.45) is 0. The molecule has 2 aromatic rings. The lowest BCUT2D eigenvalue weighted by Gasteiger charge is -2.19. The molecule has 1 amide bonds. The van der Waals surface area contributed by atoms with Crippen molar-refractivity contribution in [1.29, 1.82) is 0 Å². The van der Waals surface area contributed by atoms with Gasteiger partial charge in [0, 0.05) is 28.8 Å². The summed E-state index contributed by atoms with van der Waals surface area (Å²) in [6.45, 7) is 2.36. The van der Waals surface area contributed by atoms with E-state index >= 15 is 0 Å². The van der Waals surface area contributed by atoms with Crippen LogP contribution < -0.4 is 5.73 Å². The van der Waals surface area contributed by atoms with Gasteiger partial charge < -0.3 is 10.6 Å². The molecule has 0 saturated heterocycles. The van der Waals surface area contributed by atoms with E-state index in [2.05, 4.69) is 15.9 Å². The topological polar surface area (TPSA) is 46.3 Å². The summed E-state index contributed by atoms with van der Waals surface area (Å²) in [5.74, 6) is -0.0657. The highest BCUT2D eigenvalue weighted by Gasteiger charge is 2.16. The van der Waals surface area contributed by atoms with E-state index in [-0.39, 0.29) is 5.91 Å². The highest BCUT2D eigenvalue weighted by molar-refractivity contribution is 9.10. The molecule has 0 saturated carbocycles. The van der Waals surface area contributed by atoms with Gasteiger partial charge in [-0.05, 0) is 58.7 Å². The highest BCUT2D eigenvalue weighted by atomic mass is 79.9. The summed E-state index contributed by atoms with van der Waals surface area (Å²) in [5.41, 5.74) is 8.90. The summed E-state index contributed by atoms with van der Waals surface area (Å²) < 4.78 is 0.781. The Bertz CT molecular complexity index is 688. The molecule has 0 aliphatic carbocycles. The van der Waals surface area contributed by atoms with Crippen LogP contribution in [-0.2, 0) is 6.54 Å². The van der Waals surface area contributed by atoms with E-state index in [1.807, 2.05) is 25.1 Å². The van der Waals surface area contributed by atoms with E-state index in [0.29, 0.717) is 22.8 Å². The third-order valence-electron chi connectivity index (χ3n) is 3.18.